The van der Waals surface area contributed by atoms with Gasteiger partial charge in [0, 0.05) is 0 Å². The van der Waals surface area contributed by atoms with Gasteiger partial charge in [-0.1, -0.05) is 0 Å². The second-order valence-corrected chi connectivity index (χ2v) is 7.29. The number of imide groups is 1. The Morgan fingerprint density at radius 1 is 1.30 bits per heavy atom. The Kier molecular flexibility index (Phi) is 7.32. The summed E-state index contributed by atoms with van der Waals surface area (Å²) in [5.41, 5.74) is 0.653. The van der Waals surface area contributed by atoms with Crippen LogP contribution in [-0.2, 0) is 14.3 Å². The molecule has 1 aromatic carbocycles. The zero-order chi connectivity index (χ0) is 20.1. The number of hydrogen-bond donors (Lipinski definition) is 0. The number of carbonyl (C=O) groups is 3. The Morgan fingerprint density at radius 3 is 2.59 bits per heavy atom. The molecule has 0 aliphatic carbocycles. The van der Waals surface area contributed by atoms with Crippen LogP contribution in [0.3, 0.4) is 0 Å². The number of esters is 1. The van der Waals surface area contributed by atoms with Crippen LogP contribution in [0.2, 0.25) is 0 Å². The second kappa shape index (κ2) is 9.27. The minimum atomic E-state index is -0.982. The van der Waals surface area contributed by atoms with Crippen LogP contribution in [0.4, 0.5) is 4.79 Å². The van der Waals surface area contributed by atoms with E-state index in [1.165, 1.54) is 14.0 Å². The molecule has 1 aliphatic rings. The molecule has 2 rings (SSSR count). The molecule has 1 atom stereocenters. The Morgan fingerprint density at radius 2 is 2.00 bits per heavy atom. The number of methoxy groups -OCH3 is 1. The van der Waals surface area contributed by atoms with Gasteiger partial charge >= 0.3 is 5.97 Å². The Balaban J connectivity index is 2.34. The molecule has 0 aromatic heterocycles. The summed E-state index contributed by atoms with van der Waals surface area (Å²) < 4.78 is 16.4. The lowest BCUT2D eigenvalue weighted by atomic mass is 10.1. The van der Waals surface area contributed by atoms with Crippen LogP contribution in [-0.4, -0.2) is 48.4 Å². The lowest BCUT2D eigenvalue weighted by Crippen LogP contribution is -2.42. The fourth-order valence-electron chi connectivity index (χ4n) is 2.47. The number of rotatable bonds is 7. The molecule has 1 saturated heterocycles. The first-order valence-electron chi connectivity index (χ1n) is 8.28. The number of carbonyl (C=O) groups excluding carboxylic acids is 3. The maximum absolute atomic E-state index is 12.6. The zero-order valence-corrected chi connectivity index (χ0v) is 17.8. The third-order valence-corrected chi connectivity index (χ3v) is 5.14. The molecule has 1 aliphatic heterocycles. The topological polar surface area (TPSA) is 82.1 Å². The maximum Gasteiger partial charge on any atom is 0.329 e. The molecule has 1 aromatic rings. The van der Waals surface area contributed by atoms with Crippen molar-refractivity contribution in [2.75, 3.05) is 20.3 Å². The van der Waals surface area contributed by atoms with E-state index >= 15 is 0 Å². The van der Waals surface area contributed by atoms with Crippen LogP contribution >= 0.6 is 27.7 Å². The van der Waals surface area contributed by atoms with Crippen molar-refractivity contribution in [2.24, 2.45) is 0 Å². The molecule has 9 heteroatoms. The number of hydrogen-bond acceptors (Lipinski definition) is 7. The summed E-state index contributed by atoms with van der Waals surface area (Å²) in [5.74, 6) is -0.0971. The molecular formula is C18H20BrNO6S. The van der Waals surface area contributed by atoms with Crippen molar-refractivity contribution in [3.8, 4) is 11.5 Å². The first-order valence-corrected chi connectivity index (χ1v) is 9.88. The van der Waals surface area contributed by atoms with E-state index < -0.39 is 23.2 Å². The summed E-state index contributed by atoms with van der Waals surface area (Å²) in [4.78, 5) is 37.9. The standard InChI is InChI=1S/C18H20BrNO6S/c1-5-25-13-8-11(7-12(19)15(13)24-4)9-14-16(21)20(18(23)27-14)10(3)17(22)26-6-2/h7-10H,5-6H2,1-4H3/b14-9+/t10-/m0/s1. The number of nitrogens with zero attached hydrogens (tertiary/aromatic N) is 1. The van der Waals surface area contributed by atoms with Crippen LogP contribution in [0.15, 0.2) is 21.5 Å². The first kappa shape index (κ1) is 21.3. The average molecular weight is 458 g/mol. The van der Waals surface area contributed by atoms with E-state index in [4.69, 9.17) is 14.2 Å². The summed E-state index contributed by atoms with van der Waals surface area (Å²) in [6, 6.07) is 2.49. The van der Waals surface area contributed by atoms with Crippen molar-refractivity contribution in [3.05, 3.63) is 27.1 Å². The lowest BCUT2D eigenvalue weighted by molar-refractivity contribution is -0.150. The minimum absolute atomic E-state index is 0.176. The van der Waals surface area contributed by atoms with Crippen molar-refractivity contribution < 1.29 is 28.6 Å². The summed E-state index contributed by atoms with van der Waals surface area (Å²) in [7, 11) is 1.53. The molecular weight excluding hydrogens is 438 g/mol. The van der Waals surface area contributed by atoms with Crippen LogP contribution in [0.25, 0.3) is 6.08 Å². The smallest absolute Gasteiger partial charge is 0.329 e. The van der Waals surface area contributed by atoms with E-state index in [0.717, 1.165) is 16.7 Å². The lowest BCUT2D eigenvalue weighted by Gasteiger charge is -2.19. The third kappa shape index (κ3) is 4.65. The fourth-order valence-corrected chi connectivity index (χ4v) is 4.00. The molecule has 1 fully saturated rings. The Bertz CT molecular complexity index is 794. The number of benzene rings is 1. The minimum Gasteiger partial charge on any atom is -0.492 e. The Hall–Kier alpha value is -2.00. The predicted molar refractivity (Wildman–Crippen MR) is 106 cm³/mol. The van der Waals surface area contributed by atoms with Crippen LogP contribution in [0, 0.1) is 0 Å². The van der Waals surface area contributed by atoms with Crippen LogP contribution in [0.5, 0.6) is 11.5 Å². The SMILES string of the molecule is CCOC(=O)[C@H](C)N1C(=O)S/C(=C/c2cc(Br)c(OC)c(OCC)c2)C1=O. The molecule has 0 saturated carbocycles. The quantitative estimate of drug-likeness (QED) is 0.454. The number of ether oxygens (including phenoxy) is 3. The van der Waals surface area contributed by atoms with Crippen molar-refractivity contribution in [1.29, 1.82) is 0 Å². The zero-order valence-electron chi connectivity index (χ0n) is 15.4. The monoisotopic (exact) mass is 457 g/mol. The summed E-state index contributed by atoms with van der Waals surface area (Å²) in [5, 5.41) is -0.510. The van der Waals surface area contributed by atoms with E-state index in [1.54, 1.807) is 25.1 Å². The van der Waals surface area contributed by atoms with Crippen LogP contribution < -0.4 is 9.47 Å². The van der Waals surface area contributed by atoms with E-state index in [9.17, 15) is 14.4 Å². The molecule has 0 N–H and O–H groups in total. The van der Waals surface area contributed by atoms with Gasteiger partial charge < -0.3 is 14.2 Å². The molecule has 2 amide bonds. The Labute approximate surface area is 170 Å². The molecule has 0 radical (unpaired) electrons. The second-order valence-electron chi connectivity index (χ2n) is 5.45. The number of halogens is 1. The molecule has 0 spiro atoms. The fraction of sp³-hybridized carbons (Fsp3) is 0.389. The largest absolute Gasteiger partial charge is 0.492 e. The van der Waals surface area contributed by atoms with Crippen molar-refractivity contribution >= 4 is 50.9 Å². The van der Waals surface area contributed by atoms with Gasteiger partial charge in [0.2, 0.25) is 0 Å². The van der Waals surface area contributed by atoms with Gasteiger partial charge in [-0.05, 0) is 72.2 Å². The van der Waals surface area contributed by atoms with Gasteiger partial charge in [0.25, 0.3) is 11.1 Å². The third-order valence-electron chi connectivity index (χ3n) is 3.67. The van der Waals surface area contributed by atoms with Crippen molar-refractivity contribution in [2.45, 2.75) is 26.8 Å². The molecule has 0 bridgehead atoms. The maximum atomic E-state index is 12.6. The van der Waals surface area contributed by atoms with Gasteiger partial charge in [0.1, 0.15) is 6.04 Å². The van der Waals surface area contributed by atoms with E-state index in [1.807, 2.05) is 6.92 Å². The molecule has 146 valence electrons. The van der Waals surface area contributed by atoms with Gasteiger partial charge in [0.05, 0.1) is 29.7 Å². The average Bonchev–Trinajstić information content (AvgIpc) is 2.88. The summed E-state index contributed by atoms with van der Waals surface area (Å²) in [6.07, 6.45) is 1.58. The first-order chi connectivity index (χ1) is 12.8. The van der Waals surface area contributed by atoms with Gasteiger partial charge in [0.15, 0.2) is 11.5 Å². The number of amides is 2. The van der Waals surface area contributed by atoms with Gasteiger partial charge in [-0.3, -0.25) is 14.5 Å². The summed E-state index contributed by atoms with van der Waals surface area (Å²) in [6.45, 7) is 5.60. The molecule has 7 nitrogen and oxygen atoms in total. The van der Waals surface area contributed by atoms with Crippen molar-refractivity contribution in [3.63, 3.8) is 0 Å². The van der Waals surface area contributed by atoms with Gasteiger partial charge in [-0.15, -0.1) is 0 Å². The van der Waals surface area contributed by atoms with E-state index in [0.29, 0.717) is 28.1 Å². The molecule has 0 unspecified atom stereocenters. The highest BCUT2D eigenvalue weighted by molar-refractivity contribution is 9.10. The van der Waals surface area contributed by atoms with E-state index in [2.05, 4.69) is 15.9 Å². The highest BCUT2D eigenvalue weighted by Crippen LogP contribution is 2.39. The van der Waals surface area contributed by atoms with Gasteiger partial charge in [-0.2, -0.15) is 0 Å². The number of thioether (sulfide) groups is 1. The highest BCUT2D eigenvalue weighted by atomic mass is 79.9. The van der Waals surface area contributed by atoms with Crippen LogP contribution in [0.1, 0.15) is 26.3 Å². The highest BCUT2D eigenvalue weighted by Gasteiger charge is 2.41. The predicted octanol–water partition coefficient (Wildman–Crippen LogP) is 3.84. The van der Waals surface area contributed by atoms with Crippen molar-refractivity contribution in [1.82, 2.24) is 4.90 Å². The van der Waals surface area contributed by atoms with Gasteiger partial charge in [-0.25, -0.2) is 4.79 Å². The molecule has 1 heterocycles. The summed E-state index contributed by atoms with van der Waals surface area (Å²) >= 11 is 4.19. The van der Waals surface area contributed by atoms with E-state index in [-0.39, 0.29) is 11.5 Å². The normalized spacial score (nSPS) is 16.6. The molecule has 27 heavy (non-hydrogen) atoms.